The lowest BCUT2D eigenvalue weighted by Gasteiger charge is -2.02. The van der Waals surface area contributed by atoms with Gasteiger partial charge in [-0.15, -0.1) is 12.3 Å². The molecule has 0 aliphatic rings. The molecule has 0 aromatic rings. The minimum absolute atomic E-state index is 0.326. The molecule has 8 heavy (non-hydrogen) atoms. The van der Waals surface area contributed by atoms with Gasteiger partial charge in [0.25, 0.3) is 0 Å². The predicted molar refractivity (Wildman–Crippen MR) is 30.4 cm³/mol. The summed E-state index contributed by atoms with van der Waals surface area (Å²) in [6.07, 6.45) is 5.26. The number of hydrogen-bond donors (Lipinski definition) is 1. The first kappa shape index (κ1) is 7.63. The molecule has 0 radical (unpaired) electrons. The quantitative estimate of drug-likeness (QED) is 0.316. The van der Waals surface area contributed by atoms with Crippen molar-refractivity contribution in [2.45, 2.75) is 6.42 Å². The van der Waals surface area contributed by atoms with Crippen LogP contribution in [0, 0.1) is 12.3 Å². The van der Waals surface area contributed by atoms with Gasteiger partial charge in [-0.25, -0.2) is 4.72 Å². The maximum atomic E-state index is 9.69. The predicted octanol–water partition coefficient (Wildman–Crippen LogP) is -0.607. The normalized spacial score (nSPS) is 12.5. The van der Waals surface area contributed by atoms with E-state index in [1.165, 1.54) is 0 Å². The summed E-state index contributed by atoms with van der Waals surface area (Å²) < 4.78 is 21.5. The van der Waals surface area contributed by atoms with Gasteiger partial charge in [0, 0.05) is 24.2 Å². The van der Waals surface area contributed by atoms with Crippen molar-refractivity contribution in [3.8, 4) is 12.3 Å². The summed E-state index contributed by atoms with van der Waals surface area (Å²) in [7, 11) is 0. The standard InChI is InChI=1S/C4H7NO2S/c1-2-3-4-5-8(6)7/h1,5H,3-4H2,(H,6,7)/p-1. The van der Waals surface area contributed by atoms with Crippen LogP contribution in [-0.4, -0.2) is 15.3 Å². The average molecular weight is 132 g/mol. The molecule has 0 spiro atoms. The molecule has 46 valence electrons. The Morgan fingerprint density at radius 2 is 2.50 bits per heavy atom. The largest absolute Gasteiger partial charge is 0.760 e. The molecule has 0 heterocycles. The highest BCUT2D eigenvalue weighted by Gasteiger charge is 1.77. The molecule has 0 saturated carbocycles. The van der Waals surface area contributed by atoms with E-state index in [1.807, 2.05) is 0 Å². The average Bonchev–Trinajstić information content (AvgIpc) is 1.66. The number of rotatable bonds is 3. The van der Waals surface area contributed by atoms with Gasteiger partial charge in [0.15, 0.2) is 0 Å². The Labute approximate surface area is 50.9 Å². The molecular formula is C4H6NO2S-. The number of nitrogens with one attached hydrogen (secondary N) is 1. The highest BCUT2D eigenvalue weighted by molar-refractivity contribution is 7.77. The Bertz CT molecular complexity index is 118. The SMILES string of the molecule is C#CCCNS(=O)[O-]. The van der Waals surface area contributed by atoms with Crippen molar-refractivity contribution in [2.75, 3.05) is 6.54 Å². The van der Waals surface area contributed by atoms with Crippen LogP contribution < -0.4 is 4.72 Å². The Morgan fingerprint density at radius 1 is 1.88 bits per heavy atom. The van der Waals surface area contributed by atoms with E-state index in [0.29, 0.717) is 13.0 Å². The first-order valence-corrected chi connectivity index (χ1v) is 3.11. The topological polar surface area (TPSA) is 52.2 Å². The number of terminal acetylenes is 1. The lowest BCUT2D eigenvalue weighted by atomic mass is 10.5. The van der Waals surface area contributed by atoms with Crippen molar-refractivity contribution in [2.24, 2.45) is 0 Å². The van der Waals surface area contributed by atoms with Crippen LogP contribution >= 0.6 is 0 Å². The van der Waals surface area contributed by atoms with Crippen molar-refractivity contribution in [1.29, 1.82) is 0 Å². The molecule has 0 fully saturated rings. The van der Waals surface area contributed by atoms with Gasteiger partial charge in [0.05, 0.1) is 0 Å². The van der Waals surface area contributed by atoms with Crippen LogP contribution in [0.25, 0.3) is 0 Å². The summed E-state index contributed by atoms with van der Waals surface area (Å²) in [5.41, 5.74) is 0. The zero-order valence-corrected chi connectivity index (χ0v) is 5.03. The van der Waals surface area contributed by atoms with Gasteiger partial charge in [-0.05, 0) is 0 Å². The van der Waals surface area contributed by atoms with Gasteiger partial charge >= 0.3 is 0 Å². The molecule has 4 heteroatoms. The fraction of sp³-hybridized carbons (Fsp3) is 0.500. The summed E-state index contributed by atoms with van der Waals surface area (Å²) in [5, 5.41) is 0. The number of hydrogen-bond acceptors (Lipinski definition) is 2. The molecule has 0 aliphatic heterocycles. The van der Waals surface area contributed by atoms with E-state index in [1.54, 1.807) is 0 Å². The molecule has 1 N–H and O–H groups in total. The fourth-order valence-corrected chi connectivity index (χ4v) is 0.475. The van der Waals surface area contributed by atoms with Crippen LogP contribution in [-0.2, 0) is 11.3 Å². The van der Waals surface area contributed by atoms with Gasteiger partial charge in [0.2, 0.25) is 0 Å². The Kier molecular flexibility index (Phi) is 4.56. The second kappa shape index (κ2) is 4.78. The van der Waals surface area contributed by atoms with Crippen LogP contribution in [0.4, 0.5) is 0 Å². The van der Waals surface area contributed by atoms with Crippen molar-refractivity contribution in [3.05, 3.63) is 0 Å². The molecule has 0 aliphatic carbocycles. The Hall–Kier alpha value is -0.370. The summed E-state index contributed by atoms with van der Waals surface area (Å²) in [5.74, 6) is 2.29. The van der Waals surface area contributed by atoms with E-state index in [2.05, 4.69) is 10.6 Å². The summed E-state index contributed by atoms with van der Waals surface area (Å²) >= 11 is -2.16. The lowest BCUT2D eigenvalue weighted by Crippen LogP contribution is -2.16. The summed E-state index contributed by atoms with van der Waals surface area (Å²) in [6, 6.07) is 0. The Morgan fingerprint density at radius 3 is 2.88 bits per heavy atom. The van der Waals surface area contributed by atoms with E-state index in [-0.39, 0.29) is 0 Å². The van der Waals surface area contributed by atoms with Crippen LogP contribution in [0.5, 0.6) is 0 Å². The molecule has 3 nitrogen and oxygen atoms in total. The highest BCUT2D eigenvalue weighted by atomic mass is 32.2. The van der Waals surface area contributed by atoms with Gasteiger partial charge < -0.3 is 4.55 Å². The molecule has 0 saturated heterocycles. The minimum Gasteiger partial charge on any atom is -0.760 e. The smallest absolute Gasteiger partial charge is 0.0221 e. The second-order valence-electron chi connectivity index (χ2n) is 1.08. The first-order chi connectivity index (χ1) is 3.77. The summed E-state index contributed by atoms with van der Waals surface area (Å²) in [4.78, 5) is 0. The van der Waals surface area contributed by atoms with E-state index in [4.69, 9.17) is 6.42 Å². The minimum atomic E-state index is -2.16. The molecule has 1 atom stereocenters. The van der Waals surface area contributed by atoms with Crippen LogP contribution in [0.15, 0.2) is 0 Å². The molecule has 0 bridgehead atoms. The zero-order chi connectivity index (χ0) is 6.41. The zero-order valence-electron chi connectivity index (χ0n) is 4.22. The van der Waals surface area contributed by atoms with Gasteiger partial charge in [-0.2, -0.15) is 0 Å². The molecule has 0 amide bonds. The van der Waals surface area contributed by atoms with E-state index >= 15 is 0 Å². The molecule has 1 unspecified atom stereocenters. The van der Waals surface area contributed by atoms with Crippen LogP contribution in [0.3, 0.4) is 0 Å². The third-order valence-electron chi connectivity index (χ3n) is 0.489. The van der Waals surface area contributed by atoms with Crippen molar-refractivity contribution in [3.63, 3.8) is 0 Å². The van der Waals surface area contributed by atoms with E-state index < -0.39 is 11.3 Å². The highest BCUT2D eigenvalue weighted by Crippen LogP contribution is 1.69. The van der Waals surface area contributed by atoms with Crippen molar-refractivity contribution >= 4 is 11.3 Å². The Balaban J connectivity index is 2.97. The van der Waals surface area contributed by atoms with E-state index in [9.17, 15) is 8.76 Å². The molecule has 0 aromatic carbocycles. The molecule has 0 aromatic heterocycles. The molecule has 0 rings (SSSR count). The van der Waals surface area contributed by atoms with Crippen molar-refractivity contribution < 1.29 is 8.76 Å². The third kappa shape index (κ3) is 5.63. The van der Waals surface area contributed by atoms with Gasteiger partial charge in [-0.3, -0.25) is 4.21 Å². The molecular weight excluding hydrogens is 126 g/mol. The van der Waals surface area contributed by atoms with Gasteiger partial charge in [-0.1, -0.05) is 0 Å². The monoisotopic (exact) mass is 132 g/mol. The third-order valence-corrected chi connectivity index (χ3v) is 0.929. The van der Waals surface area contributed by atoms with Gasteiger partial charge in [0.1, 0.15) is 0 Å². The first-order valence-electron chi connectivity index (χ1n) is 2.03. The second-order valence-corrected chi connectivity index (χ2v) is 1.84. The summed E-state index contributed by atoms with van der Waals surface area (Å²) in [6.45, 7) is 0.326. The van der Waals surface area contributed by atoms with Crippen LogP contribution in [0.1, 0.15) is 6.42 Å². The van der Waals surface area contributed by atoms with E-state index in [0.717, 1.165) is 0 Å². The van der Waals surface area contributed by atoms with Crippen LogP contribution in [0.2, 0.25) is 0 Å². The lowest BCUT2D eigenvalue weighted by molar-refractivity contribution is 0.524. The maximum absolute atomic E-state index is 9.69. The van der Waals surface area contributed by atoms with Crippen molar-refractivity contribution in [1.82, 2.24) is 4.72 Å². The fourth-order valence-electron chi connectivity index (χ4n) is 0.207. The maximum Gasteiger partial charge on any atom is 0.0221 e.